The molecule has 1 aliphatic heterocycles. The number of ether oxygens (including phenoxy) is 3. The first-order chi connectivity index (χ1) is 13.2. The van der Waals surface area contributed by atoms with E-state index in [1.807, 2.05) is 43.3 Å². The standard InChI is InChI=1S/C19H17O4.ClHO4/c1-3-20-18-10-17(23-15-6-4-12(2)8-14(15)18)13-5-7-16-19(9-13)22-11-21-16;2-1(3,4)5/h4-10H,3,11H2,1-2H3;(H,2,3,4,5)/q+1;/p-1. The van der Waals surface area contributed by atoms with Crippen LogP contribution < -0.4 is 32.8 Å². The van der Waals surface area contributed by atoms with Crippen LogP contribution in [0.25, 0.3) is 22.3 Å². The van der Waals surface area contributed by atoms with Crippen molar-refractivity contribution in [3.05, 3.63) is 48.0 Å². The molecule has 2 heterocycles. The van der Waals surface area contributed by atoms with E-state index in [1.54, 1.807) is 0 Å². The quantitative estimate of drug-likeness (QED) is 0.556. The lowest BCUT2D eigenvalue weighted by Crippen LogP contribution is -2.68. The summed E-state index contributed by atoms with van der Waals surface area (Å²) in [6.07, 6.45) is 0. The molecule has 1 aromatic heterocycles. The molecule has 0 N–H and O–H groups in total. The maximum Gasteiger partial charge on any atom is 0.364 e. The minimum Gasteiger partial charge on any atom is -0.493 e. The molecule has 28 heavy (non-hydrogen) atoms. The molecular formula is C19H17ClO8. The lowest BCUT2D eigenvalue weighted by atomic mass is 10.1. The Balaban J connectivity index is 0.000000403. The summed E-state index contributed by atoms with van der Waals surface area (Å²) in [5.74, 6) is 3.06. The van der Waals surface area contributed by atoms with E-state index >= 15 is 0 Å². The summed E-state index contributed by atoms with van der Waals surface area (Å²) in [7, 11) is -4.94. The summed E-state index contributed by atoms with van der Waals surface area (Å²) >= 11 is 0. The number of benzene rings is 2. The number of hydrogen-bond donors (Lipinski definition) is 0. The van der Waals surface area contributed by atoms with Crippen LogP contribution in [0, 0.1) is 17.2 Å². The van der Waals surface area contributed by atoms with Gasteiger partial charge in [-0.1, -0.05) is 0 Å². The zero-order valence-electron chi connectivity index (χ0n) is 15.1. The summed E-state index contributed by atoms with van der Waals surface area (Å²) in [6.45, 7) is 4.90. The Morgan fingerprint density at radius 1 is 1.00 bits per heavy atom. The van der Waals surface area contributed by atoms with Crippen molar-refractivity contribution < 1.29 is 47.5 Å². The number of aryl methyl sites for hydroxylation is 1. The largest absolute Gasteiger partial charge is 0.493 e. The van der Waals surface area contributed by atoms with Crippen LogP contribution in [0.2, 0.25) is 0 Å². The highest BCUT2D eigenvalue weighted by Crippen LogP contribution is 2.38. The Hall–Kier alpha value is -2.62. The molecule has 0 unspecified atom stereocenters. The molecule has 8 nitrogen and oxygen atoms in total. The van der Waals surface area contributed by atoms with Crippen molar-refractivity contribution in [1.82, 2.24) is 0 Å². The molecule has 0 saturated heterocycles. The van der Waals surface area contributed by atoms with Gasteiger partial charge < -0.3 is 14.2 Å². The summed E-state index contributed by atoms with van der Waals surface area (Å²) in [5.41, 5.74) is 2.90. The Morgan fingerprint density at radius 3 is 2.43 bits per heavy atom. The SMILES string of the molecule is CCOc1cc(-c2ccc3c(c2)OCO3)[o+]c2ccc(C)cc12.[O-][Cl+3]([O-])([O-])[O-]. The van der Waals surface area contributed by atoms with E-state index in [4.69, 9.17) is 37.3 Å². The van der Waals surface area contributed by atoms with Crippen molar-refractivity contribution in [2.75, 3.05) is 13.4 Å². The Labute approximate surface area is 162 Å². The Bertz CT molecular complexity index is 978. The summed E-state index contributed by atoms with van der Waals surface area (Å²) in [6, 6.07) is 13.8. The van der Waals surface area contributed by atoms with Crippen LogP contribution >= 0.6 is 0 Å². The maximum atomic E-state index is 8.49. The van der Waals surface area contributed by atoms with Crippen LogP contribution in [0.15, 0.2) is 46.9 Å². The second kappa shape index (κ2) is 8.17. The average molecular weight is 409 g/mol. The molecule has 1 aliphatic rings. The number of rotatable bonds is 3. The molecule has 0 saturated carbocycles. The Kier molecular flexibility index (Phi) is 5.87. The van der Waals surface area contributed by atoms with Gasteiger partial charge >= 0.3 is 11.3 Å². The summed E-state index contributed by atoms with van der Waals surface area (Å²) in [5, 5.41) is 0.983. The molecule has 3 aromatic rings. The fraction of sp³-hybridized carbons (Fsp3) is 0.211. The minimum absolute atomic E-state index is 0.261. The van der Waals surface area contributed by atoms with Crippen molar-refractivity contribution in [2.24, 2.45) is 0 Å². The molecule has 0 aliphatic carbocycles. The summed E-state index contributed by atoms with van der Waals surface area (Å²) < 4.78 is 56.7. The van der Waals surface area contributed by atoms with E-state index in [0.29, 0.717) is 6.61 Å². The highest BCUT2D eigenvalue weighted by molar-refractivity contribution is 5.86. The van der Waals surface area contributed by atoms with Gasteiger partial charge in [-0.25, -0.2) is 23.1 Å². The van der Waals surface area contributed by atoms with Gasteiger partial charge in [0.1, 0.15) is 11.1 Å². The van der Waals surface area contributed by atoms with Gasteiger partial charge in [0.05, 0.1) is 18.2 Å². The van der Waals surface area contributed by atoms with Crippen LogP contribution in [0.4, 0.5) is 0 Å². The molecule has 4 rings (SSSR count). The van der Waals surface area contributed by atoms with E-state index in [0.717, 1.165) is 39.5 Å². The van der Waals surface area contributed by atoms with Gasteiger partial charge in [-0.15, -0.1) is 10.2 Å². The Morgan fingerprint density at radius 2 is 1.71 bits per heavy atom. The number of fused-ring (bicyclic) bond motifs is 2. The lowest BCUT2D eigenvalue weighted by Gasteiger charge is -2.17. The highest BCUT2D eigenvalue weighted by Gasteiger charge is 2.23. The fourth-order valence-corrected chi connectivity index (χ4v) is 2.74. The molecule has 148 valence electrons. The van der Waals surface area contributed by atoms with Crippen molar-refractivity contribution in [3.63, 3.8) is 0 Å². The van der Waals surface area contributed by atoms with Crippen molar-refractivity contribution >= 4 is 11.0 Å². The third-order valence-corrected chi connectivity index (χ3v) is 3.84. The second-order valence-electron chi connectivity index (χ2n) is 5.85. The smallest absolute Gasteiger partial charge is 0.364 e. The summed E-state index contributed by atoms with van der Waals surface area (Å²) in [4.78, 5) is 0. The lowest BCUT2D eigenvalue weighted by molar-refractivity contribution is -2.00. The van der Waals surface area contributed by atoms with E-state index in [9.17, 15) is 0 Å². The van der Waals surface area contributed by atoms with Gasteiger partial charge in [0, 0.05) is 12.1 Å². The minimum atomic E-state index is -4.94. The number of hydrogen-bond acceptors (Lipinski definition) is 7. The first kappa shape index (κ1) is 20.1. The normalized spacial score (nSPS) is 12.5. The van der Waals surface area contributed by atoms with Crippen LogP contribution in [0.5, 0.6) is 17.2 Å². The fourth-order valence-electron chi connectivity index (χ4n) is 2.74. The second-order valence-corrected chi connectivity index (χ2v) is 6.61. The molecule has 0 bridgehead atoms. The van der Waals surface area contributed by atoms with Crippen LogP contribution in [0.1, 0.15) is 12.5 Å². The first-order valence-corrected chi connectivity index (χ1v) is 9.50. The highest BCUT2D eigenvalue weighted by atomic mass is 35.7. The molecule has 9 heteroatoms. The van der Waals surface area contributed by atoms with E-state index in [-0.39, 0.29) is 6.79 Å². The van der Waals surface area contributed by atoms with Gasteiger partial charge in [-0.3, -0.25) is 0 Å². The predicted octanol–water partition coefficient (Wildman–Crippen LogP) is 0.0607. The van der Waals surface area contributed by atoms with E-state index in [2.05, 4.69) is 13.0 Å². The molecule has 0 radical (unpaired) electrons. The van der Waals surface area contributed by atoms with Gasteiger partial charge in [-0.2, -0.15) is 0 Å². The monoisotopic (exact) mass is 408 g/mol. The third-order valence-electron chi connectivity index (χ3n) is 3.84. The zero-order chi connectivity index (χ0) is 20.3. The molecule has 2 aromatic carbocycles. The van der Waals surface area contributed by atoms with Crippen LogP contribution in [0.3, 0.4) is 0 Å². The average Bonchev–Trinajstić information content (AvgIpc) is 3.08. The topological polar surface area (TPSA) is 131 Å². The molecule has 0 spiro atoms. The number of halogens is 1. The van der Waals surface area contributed by atoms with Crippen molar-refractivity contribution in [2.45, 2.75) is 13.8 Å². The maximum absolute atomic E-state index is 8.49. The van der Waals surface area contributed by atoms with Gasteiger partial charge in [0.15, 0.2) is 11.5 Å². The van der Waals surface area contributed by atoms with Gasteiger partial charge in [-0.05, 0) is 43.7 Å². The van der Waals surface area contributed by atoms with E-state index < -0.39 is 10.2 Å². The van der Waals surface area contributed by atoms with Crippen LogP contribution in [-0.4, -0.2) is 13.4 Å². The van der Waals surface area contributed by atoms with Gasteiger partial charge in [0.2, 0.25) is 6.79 Å². The third kappa shape index (κ3) is 5.00. The molecule has 0 amide bonds. The first-order valence-electron chi connectivity index (χ1n) is 8.26. The zero-order valence-corrected chi connectivity index (χ0v) is 15.9. The van der Waals surface area contributed by atoms with Crippen molar-refractivity contribution in [1.29, 1.82) is 0 Å². The predicted molar refractivity (Wildman–Crippen MR) is 88.1 cm³/mol. The molecule has 0 fully saturated rings. The van der Waals surface area contributed by atoms with Crippen molar-refractivity contribution in [3.8, 4) is 28.6 Å². The molecular weight excluding hydrogens is 392 g/mol. The van der Waals surface area contributed by atoms with E-state index in [1.165, 1.54) is 5.56 Å². The van der Waals surface area contributed by atoms with Crippen LogP contribution in [-0.2, 0) is 0 Å². The molecule has 0 atom stereocenters. The van der Waals surface area contributed by atoms with Gasteiger partial charge in [0.25, 0.3) is 0 Å².